The van der Waals surface area contributed by atoms with Gasteiger partial charge in [-0.2, -0.15) is 0 Å². The monoisotopic (exact) mass is 696 g/mol. The Kier molecular flexibility index (Phi) is 11.9. The summed E-state index contributed by atoms with van der Waals surface area (Å²) in [7, 11) is 5.25. The highest BCUT2D eigenvalue weighted by Crippen LogP contribution is 2.38. The van der Waals surface area contributed by atoms with Crippen molar-refractivity contribution in [2.24, 2.45) is 0 Å². The van der Waals surface area contributed by atoms with Gasteiger partial charge in [-0.3, -0.25) is 14.4 Å². The van der Waals surface area contributed by atoms with Gasteiger partial charge in [-0.15, -0.1) is 23.1 Å². The van der Waals surface area contributed by atoms with E-state index in [2.05, 4.69) is 16.0 Å². The lowest BCUT2D eigenvalue weighted by atomic mass is 10.1. The first-order chi connectivity index (χ1) is 23.6. The van der Waals surface area contributed by atoms with Crippen LogP contribution in [-0.2, 0) is 27.2 Å². The normalized spacial score (nSPS) is 13.3. The number of hydrogen-bond donors (Lipinski definition) is 3. The number of thiophene rings is 1. The molecule has 1 atom stereocenters. The van der Waals surface area contributed by atoms with Crippen molar-refractivity contribution in [1.29, 1.82) is 0 Å². The molecule has 11 heteroatoms. The fourth-order valence-corrected chi connectivity index (χ4v) is 7.65. The van der Waals surface area contributed by atoms with Crippen molar-refractivity contribution in [3.05, 3.63) is 112 Å². The van der Waals surface area contributed by atoms with Crippen LogP contribution in [0.25, 0.3) is 6.08 Å². The first kappa shape index (κ1) is 35.4. The number of nitrogens with one attached hydrogen (secondary N) is 3. The van der Waals surface area contributed by atoms with E-state index in [0.717, 1.165) is 58.7 Å². The predicted octanol–water partition coefficient (Wildman–Crippen LogP) is 7.40. The number of thioether (sulfide) groups is 1. The number of esters is 1. The Hall–Kier alpha value is -4.87. The molecule has 1 unspecified atom stereocenters. The molecule has 0 radical (unpaired) electrons. The summed E-state index contributed by atoms with van der Waals surface area (Å²) in [6.07, 6.45) is 6.49. The topological polar surface area (TPSA) is 117 Å². The number of hydrogen-bond acceptors (Lipinski definition) is 8. The molecular formula is C38H40N4O5S2. The first-order valence-corrected chi connectivity index (χ1v) is 17.8. The van der Waals surface area contributed by atoms with Crippen molar-refractivity contribution in [3.63, 3.8) is 0 Å². The summed E-state index contributed by atoms with van der Waals surface area (Å²) in [5.41, 5.74) is 4.21. The Morgan fingerprint density at radius 1 is 0.898 bits per heavy atom. The van der Waals surface area contributed by atoms with E-state index >= 15 is 0 Å². The molecule has 9 nitrogen and oxygen atoms in total. The number of fused-ring (bicyclic) bond motifs is 1. The van der Waals surface area contributed by atoms with E-state index in [1.807, 2.05) is 55.4 Å². The van der Waals surface area contributed by atoms with E-state index in [0.29, 0.717) is 21.8 Å². The van der Waals surface area contributed by atoms with Gasteiger partial charge in [-0.25, -0.2) is 4.79 Å². The number of aryl methyl sites for hydroxylation is 1. The standard InChI is InChI=1S/C38H40N4O5S2/c1-24(34(43)41-37-33(38(46)47-4)30-16-9-6-10-17-32(30)49-37)48-29-15-11-14-27(23-29)39-36(45)31(40-35(44)26-12-7-5-8-13-26)22-25-18-20-28(21-19-25)42(2)3/h5,7-8,11-15,18-24H,6,9-10,16-17H2,1-4H3,(H,39,45)(H,40,44)(H,41,43)/b31-22+. The largest absolute Gasteiger partial charge is 0.465 e. The number of amides is 3. The third-order valence-corrected chi connectivity index (χ3v) is 10.4. The molecule has 1 aliphatic rings. The highest BCUT2D eigenvalue weighted by Gasteiger charge is 2.27. The second kappa shape index (κ2) is 16.5. The van der Waals surface area contributed by atoms with Gasteiger partial charge in [0.1, 0.15) is 10.7 Å². The number of anilines is 3. The van der Waals surface area contributed by atoms with E-state index < -0.39 is 23.0 Å². The van der Waals surface area contributed by atoms with Crippen LogP contribution in [0.5, 0.6) is 0 Å². The Morgan fingerprint density at radius 2 is 1.63 bits per heavy atom. The van der Waals surface area contributed by atoms with Crippen molar-refractivity contribution in [3.8, 4) is 0 Å². The van der Waals surface area contributed by atoms with E-state index in [4.69, 9.17) is 4.74 Å². The zero-order chi connectivity index (χ0) is 34.9. The fraction of sp³-hybridized carbons (Fsp3) is 0.263. The van der Waals surface area contributed by atoms with Crippen LogP contribution in [0.2, 0.25) is 0 Å². The summed E-state index contributed by atoms with van der Waals surface area (Å²) < 4.78 is 5.08. The number of rotatable bonds is 11. The van der Waals surface area contributed by atoms with Gasteiger partial charge in [0, 0.05) is 40.8 Å². The summed E-state index contributed by atoms with van der Waals surface area (Å²) in [6.45, 7) is 1.79. The fourth-order valence-electron chi connectivity index (χ4n) is 5.44. The molecule has 0 aliphatic heterocycles. The second-order valence-corrected chi connectivity index (χ2v) is 14.4. The summed E-state index contributed by atoms with van der Waals surface area (Å²) >= 11 is 2.79. The maximum atomic E-state index is 13.6. The van der Waals surface area contributed by atoms with E-state index in [9.17, 15) is 19.2 Å². The lowest BCUT2D eigenvalue weighted by Crippen LogP contribution is -2.30. The Morgan fingerprint density at radius 3 is 2.35 bits per heavy atom. The summed E-state index contributed by atoms with van der Waals surface area (Å²) in [6, 6.07) is 23.5. The van der Waals surface area contributed by atoms with Crippen molar-refractivity contribution in [1.82, 2.24) is 5.32 Å². The quantitative estimate of drug-likeness (QED) is 0.0648. The maximum absolute atomic E-state index is 13.6. The number of ether oxygens (including phenoxy) is 1. The Balaban J connectivity index is 1.30. The molecule has 3 N–H and O–H groups in total. The van der Waals surface area contributed by atoms with Crippen LogP contribution in [0.3, 0.4) is 0 Å². The molecule has 5 rings (SSSR count). The second-order valence-electron chi connectivity index (χ2n) is 11.9. The smallest absolute Gasteiger partial charge is 0.341 e. The number of benzene rings is 3. The molecule has 1 aromatic heterocycles. The van der Waals surface area contributed by atoms with Gasteiger partial charge in [-0.1, -0.05) is 42.8 Å². The lowest BCUT2D eigenvalue weighted by molar-refractivity contribution is -0.115. The lowest BCUT2D eigenvalue weighted by Gasteiger charge is -2.15. The summed E-state index contributed by atoms with van der Waals surface area (Å²) in [4.78, 5) is 56.6. The molecule has 0 bridgehead atoms. The first-order valence-electron chi connectivity index (χ1n) is 16.1. The predicted molar refractivity (Wildman–Crippen MR) is 199 cm³/mol. The molecule has 49 heavy (non-hydrogen) atoms. The van der Waals surface area contributed by atoms with Crippen molar-refractivity contribution >= 4 is 69.2 Å². The molecule has 4 aromatic rings. The Bertz CT molecular complexity index is 1850. The maximum Gasteiger partial charge on any atom is 0.341 e. The molecule has 0 fully saturated rings. The van der Waals surface area contributed by atoms with Gasteiger partial charge in [0.05, 0.1) is 17.9 Å². The molecule has 1 aliphatic carbocycles. The number of methoxy groups -OCH3 is 1. The van der Waals surface area contributed by atoms with E-state index in [-0.39, 0.29) is 11.6 Å². The summed E-state index contributed by atoms with van der Waals surface area (Å²) in [5.74, 6) is -1.58. The highest BCUT2D eigenvalue weighted by atomic mass is 32.2. The van der Waals surface area contributed by atoms with Crippen LogP contribution in [0.4, 0.5) is 16.4 Å². The van der Waals surface area contributed by atoms with Crippen LogP contribution in [-0.4, -0.2) is 50.1 Å². The van der Waals surface area contributed by atoms with Gasteiger partial charge in [-0.05, 0) is 92.3 Å². The Labute approximate surface area is 295 Å². The van der Waals surface area contributed by atoms with Crippen molar-refractivity contribution in [2.45, 2.75) is 49.2 Å². The van der Waals surface area contributed by atoms with Gasteiger partial charge in [0.2, 0.25) is 5.91 Å². The third-order valence-electron chi connectivity index (χ3n) is 8.07. The van der Waals surface area contributed by atoms with Crippen LogP contribution >= 0.6 is 23.1 Å². The molecule has 3 amide bonds. The van der Waals surface area contributed by atoms with E-state index in [1.54, 1.807) is 55.5 Å². The van der Waals surface area contributed by atoms with Gasteiger partial charge < -0.3 is 25.6 Å². The number of nitrogens with zero attached hydrogens (tertiary/aromatic N) is 1. The molecule has 0 saturated carbocycles. The SMILES string of the molecule is COC(=O)c1c(NC(=O)C(C)Sc2cccc(NC(=O)/C(=C\c3ccc(N(C)C)cc3)NC(=O)c3ccccc3)c2)sc2c1CCCCC2. The third kappa shape index (κ3) is 9.18. The van der Waals surface area contributed by atoms with Crippen LogP contribution in [0, 0.1) is 0 Å². The zero-order valence-corrected chi connectivity index (χ0v) is 29.6. The van der Waals surface area contributed by atoms with Gasteiger partial charge >= 0.3 is 5.97 Å². The highest BCUT2D eigenvalue weighted by molar-refractivity contribution is 8.00. The van der Waals surface area contributed by atoms with Gasteiger partial charge in [0.25, 0.3) is 11.8 Å². The number of carbonyl (C=O) groups is 4. The van der Waals surface area contributed by atoms with Crippen LogP contribution in [0.15, 0.2) is 89.5 Å². The zero-order valence-electron chi connectivity index (χ0n) is 28.0. The van der Waals surface area contributed by atoms with Crippen molar-refractivity contribution in [2.75, 3.05) is 36.7 Å². The van der Waals surface area contributed by atoms with Gasteiger partial charge in [0.15, 0.2) is 0 Å². The average molecular weight is 697 g/mol. The molecular weight excluding hydrogens is 657 g/mol. The van der Waals surface area contributed by atoms with Crippen LogP contribution in [0.1, 0.15) is 62.9 Å². The molecule has 0 saturated heterocycles. The summed E-state index contributed by atoms with van der Waals surface area (Å²) in [5, 5.41) is 8.68. The minimum Gasteiger partial charge on any atom is -0.465 e. The molecule has 3 aromatic carbocycles. The van der Waals surface area contributed by atoms with Crippen molar-refractivity contribution < 1.29 is 23.9 Å². The minimum atomic E-state index is -0.510. The molecule has 254 valence electrons. The molecule has 0 spiro atoms. The molecule has 1 heterocycles. The minimum absolute atomic E-state index is 0.0769. The van der Waals surface area contributed by atoms with Crippen LogP contribution < -0.4 is 20.9 Å². The number of carbonyl (C=O) groups excluding carboxylic acids is 4. The average Bonchev–Trinajstić information content (AvgIpc) is 3.27. The van der Waals surface area contributed by atoms with E-state index in [1.165, 1.54) is 30.2 Å².